The maximum absolute atomic E-state index is 11.4. The van der Waals surface area contributed by atoms with Crippen LogP contribution in [-0.2, 0) is 11.3 Å². The monoisotopic (exact) mass is 274 g/mol. The molecular weight excluding hydrogens is 252 g/mol. The number of nitrogens with one attached hydrogen (secondary N) is 1. The first-order chi connectivity index (χ1) is 9.58. The van der Waals surface area contributed by atoms with E-state index in [1.54, 1.807) is 0 Å². The number of carbonyl (C=O) groups excluding carboxylic acids is 1. The Hall–Kier alpha value is -1.99. The minimum Gasteiger partial charge on any atom is -0.481 e. The van der Waals surface area contributed by atoms with E-state index in [9.17, 15) is 4.79 Å². The summed E-state index contributed by atoms with van der Waals surface area (Å²) in [5, 5.41) is 3.20. The predicted molar refractivity (Wildman–Crippen MR) is 80.0 cm³/mol. The lowest BCUT2D eigenvalue weighted by atomic mass is 9.98. The second-order valence-electron chi connectivity index (χ2n) is 4.78. The predicted octanol–water partition coefficient (Wildman–Crippen LogP) is 1.69. The number of primary amides is 1. The van der Waals surface area contributed by atoms with Crippen molar-refractivity contribution < 1.29 is 9.53 Å². The average Bonchev–Trinajstić information content (AvgIpc) is 2.45. The number of benzene rings is 1. The molecule has 1 aromatic carbocycles. The second-order valence-corrected chi connectivity index (χ2v) is 4.78. The Balaban J connectivity index is 2.56. The molecule has 3 N–H and O–H groups in total. The van der Waals surface area contributed by atoms with Gasteiger partial charge in [0.1, 0.15) is 12.4 Å². The van der Waals surface area contributed by atoms with Gasteiger partial charge in [-0.05, 0) is 23.6 Å². The first-order valence-corrected chi connectivity index (χ1v) is 6.76. The number of terminal acetylenes is 1. The minimum absolute atomic E-state index is 0.214. The quantitative estimate of drug-likeness (QED) is 0.709. The molecule has 0 aliphatic heterocycles. The van der Waals surface area contributed by atoms with Gasteiger partial charge in [0.15, 0.2) is 0 Å². The van der Waals surface area contributed by atoms with E-state index >= 15 is 0 Å². The van der Waals surface area contributed by atoms with Crippen molar-refractivity contribution in [1.29, 1.82) is 0 Å². The van der Waals surface area contributed by atoms with Crippen LogP contribution in [0.3, 0.4) is 0 Å². The molecule has 0 aromatic heterocycles. The van der Waals surface area contributed by atoms with E-state index in [-0.39, 0.29) is 24.5 Å². The molecule has 0 radical (unpaired) electrons. The number of ether oxygens (including phenoxy) is 1. The van der Waals surface area contributed by atoms with Crippen molar-refractivity contribution in [2.75, 3.05) is 6.61 Å². The van der Waals surface area contributed by atoms with Gasteiger partial charge in [0.2, 0.25) is 5.91 Å². The fourth-order valence-electron chi connectivity index (χ4n) is 1.87. The van der Waals surface area contributed by atoms with E-state index in [1.165, 1.54) is 0 Å². The van der Waals surface area contributed by atoms with Crippen LogP contribution in [0.4, 0.5) is 0 Å². The molecule has 4 heteroatoms. The zero-order valence-electron chi connectivity index (χ0n) is 12.1. The van der Waals surface area contributed by atoms with Gasteiger partial charge in [-0.1, -0.05) is 38.3 Å². The Morgan fingerprint density at radius 2 is 2.10 bits per heavy atom. The third kappa shape index (κ3) is 4.94. The fraction of sp³-hybridized carbons (Fsp3) is 0.438. The number of nitrogens with two attached hydrogens (primary N) is 1. The van der Waals surface area contributed by atoms with Crippen molar-refractivity contribution in [2.24, 2.45) is 11.7 Å². The van der Waals surface area contributed by atoms with Crippen molar-refractivity contribution >= 4 is 5.91 Å². The van der Waals surface area contributed by atoms with Gasteiger partial charge < -0.3 is 15.8 Å². The topological polar surface area (TPSA) is 64.3 Å². The molecule has 0 fully saturated rings. The largest absolute Gasteiger partial charge is 0.481 e. The number of rotatable bonds is 8. The molecule has 1 aromatic rings. The zero-order chi connectivity index (χ0) is 15.0. The molecule has 1 rings (SSSR count). The van der Waals surface area contributed by atoms with Crippen LogP contribution in [0.15, 0.2) is 24.3 Å². The molecule has 0 heterocycles. The van der Waals surface area contributed by atoms with Crippen LogP contribution in [0.5, 0.6) is 5.75 Å². The smallest absolute Gasteiger partial charge is 0.234 e. The first kappa shape index (κ1) is 16.1. The van der Waals surface area contributed by atoms with Gasteiger partial charge in [0, 0.05) is 6.54 Å². The summed E-state index contributed by atoms with van der Waals surface area (Å²) < 4.78 is 5.30. The lowest BCUT2D eigenvalue weighted by molar-refractivity contribution is -0.121. The highest BCUT2D eigenvalue weighted by atomic mass is 16.5. The Kier molecular flexibility index (Phi) is 6.61. The maximum atomic E-state index is 11.4. The molecule has 0 aliphatic rings. The number of hydrogen-bond donors (Lipinski definition) is 2. The van der Waals surface area contributed by atoms with Gasteiger partial charge in [-0.25, -0.2) is 0 Å². The number of hydrogen-bond acceptors (Lipinski definition) is 3. The molecule has 0 bridgehead atoms. The van der Waals surface area contributed by atoms with E-state index in [1.807, 2.05) is 38.1 Å². The average molecular weight is 274 g/mol. The van der Waals surface area contributed by atoms with Crippen LogP contribution in [0.25, 0.3) is 0 Å². The van der Waals surface area contributed by atoms with Gasteiger partial charge in [-0.15, -0.1) is 6.42 Å². The van der Waals surface area contributed by atoms with Crippen molar-refractivity contribution in [3.8, 4) is 18.1 Å². The highest BCUT2D eigenvalue weighted by Crippen LogP contribution is 2.13. The van der Waals surface area contributed by atoms with Crippen molar-refractivity contribution in [3.63, 3.8) is 0 Å². The summed E-state index contributed by atoms with van der Waals surface area (Å²) in [6.07, 6.45) is 6.03. The van der Waals surface area contributed by atoms with Gasteiger partial charge in [-0.2, -0.15) is 0 Å². The van der Waals surface area contributed by atoms with E-state index in [0.29, 0.717) is 6.54 Å². The number of carbonyl (C=O) groups is 1. The molecule has 0 saturated heterocycles. The summed E-state index contributed by atoms with van der Waals surface area (Å²) in [4.78, 5) is 11.4. The normalized spacial score (nSPS) is 13.2. The van der Waals surface area contributed by atoms with E-state index in [4.69, 9.17) is 16.9 Å². The van der Waals surface area contributed by atoms with Gasteiger partial charge in [0.05, 0.1) is 6.04 Å². The Bertz CT molecular complexity index is 462. The van der Waals surface area contributed by atoms with Gasteiger partial charge >= 0.3 is 0 Å². The van der Waals surface area contributed by atoms with Gasteiger partial charge in [-0.3, -0.25) is 4.79 Å². The zero-order valence-corrected chi connectivity index (χ0v) is 12.1. The van der Waals surface area contributed by atoms with Crippen LogP contribution in [-0.4, -0.2) is 18.6 Å². The Morgan fingerprint density at radius 1 is 1.45 bits per heavy atom. The summed E-state index contributed by atoms with van der Waals surface area (Å²) in [6.45, 7) is 4.90. The Labute approximate surface area is 120 Å². The second kappa shape index (κ2) is 8.23. The third-order valence-corrected chi connectivity index (χ3v) is 3.29. The summed E-state index contributed by atoms with van der Waals surface area (Å²) in [5.41, 5.74) is 6.48. The standard InChI is InChI=1S/C16H22N2O2/c1-4-10-20-14-8-6-13(7-9-14)11-18-15(16(17)19)12(3)5-2/h1,6-9,12,15,18H,5,10-11H2,2-3H3,(H2,17,19)/t12-,15-/m0/s1. The van der Waals surface area contributed by atoms with Crippen LogP contribution in [0.1, 0.15) is 25.8 Å². The van der Waals surface area contributed by atoms with Crippen molar-refractivity contribution in [3.05, 3.63) is 29.8 Å². The van der Waals surface area contributed by atoms with Crippen LogP contribution in [0.2, 0.25) is 0 Å². The summed E-state index contributed by atoms with van der Waals surface area (Å²) in [6, 6.07) is 7.28. The third-order valence-electron chi connectivity index (χ3n) is 3.29. The summed E-state index contributed by atoms with van der Waals surface area (Å²) in [5.74, 6) is 3.05. The minimum atomic E-state index is -0.312. The lowest BCUT2D eigenvalue weighted by Crippen LogP contribution is -2.45. The van der Waals surface area contributed by atoms with Crippen molar-refractivity contribution in [2.45, 2.75) is 32.9 Å². The molecule has 4 nitrogen and oxygen atoms in total. The molecule has 108 valence electrons. The van der Waals surface area contributed by atoms with Crippen molar-refractivity contribution in [1.82, 2.24) is 5.32 Å². The SMILES string of the molecule is C#CCOc1ccc(CN[C@H](C(N)=O)[C@@H](C)CC)cc1. The molecule has 0 unspecified atom stereocenters. The lowest BCUT2D eigenvalue weighted by Gasteiger charge is -2.21. The van der Waals surface area contributed by atoms with Crippen LogP contribution in [0, 0.1) is 18.3 Å². The van der Waals surface area contributed by atoms with Crippen LogP contribution >= 0.6 is 0 Å². The summed E-state index contributed by atoms with van der Waals surface area (Å²) >= 11 is 0. The molecule has 2 atom stereocenters. The Morgan fingerprint density at radius 3 is 2.60 bits per heavy atom. The number of amides is 1. The van der Waals surface area contributed by atoms with E-state index in [0.717, 1.165) is 17.7 Å². The van der Waals surface area contributed by atoms with E-state index in [2.05, 4.69) is 11.2 Å². The summed E-state index contributed by atoms with van der Waals surface area (Å²) in [7, 11) is 0. The highest BCUT2D eigenvalue weighted by molar-refractivity contribution is 5.80. The fourth-order valence-corrected chi connectivity index (χ4v) is 1.87. The molecule has 0 spiro atoms. The van der Waals surface area contributed by atoms with Gasteiger partial charge in [0.25, 0.3) is 0 Å². The first-order valence-electron chi connectivity index (χ1n) is 6.76. The maximum Gasteiger partial charge on any atom is 0.234 e. The molecule has 20 heavy (non-hydrogen) atoms. The molecule has 1 amide bonds. The van der Waals surface area contributed by atoms with Crippen LogP contribution < -0.4 is 15.8 Å². The molecule has 0 aliphatic carbocycles. The molecular formula is C16H22N2O2. The highest BCUT2D eigenvalue weighted by Gasteiger charge is 2.20. The van der Waals surface area contributed by atoms with E-state index < -0.39 is 0 Å². The molecule has 0 saturated carbocycles.